The van der Waals surface area contributed by atoms with Gasteiger partial charge >= 0.3 is 0 Å². The third-order valence-electron chi connectivity index (χ3n) is 1.73. The highest BCUT2D eigenvalue weighted by atomic mass is 35.5. The standard InChI is InChI=1S/C6H12ClN/c1-6-2-4-8(7)5-3-6/h6H,2-5H2,1H3. The summed E-state index contributed by atoms with van der Waals surface area (Å²) in [4.78, 5) is 0. The van der Waals surface area contributed by atoms with E-state index in [0.717, 1.165) is 19.0 Å². The monoisotopic (exact) mass is 133 g/mol. The van der Waals surface area contributed by atoms with Crippen LogP contribution in [0, 0.1) is 5.92 Å². The summed E-state index contributed by atoms with van der Waals surface area (Å²) in [6, 6.07) is 0. The quantitative estimate of drug-likeness (QED) is 0.456. The van der Waals surface area contributed by atoms with Gasteiger partial charge in [0, 0.05) is 13.1 Å². The summed E-state index contributed by atoms with van der Waals surface area (Å²) in [7, 11) is 0. The Morgan fingerprint density at radius 2 is 1.88 bits per heavy atom. The van der Waals surface area contributed by atoms with Crippen LogP contribution in [0.3, 0.4) is 0 Å². The SMILES string of the molecule is CC1CCN(Cl)CC1. The highest BCUT2D eigenvalue weighted by Crippen LogP contribution is 2.16. The molecule has 2 heteroatoms. The molecule has 0 aromatic heterocycles. The maximum absolute atomic E-state index is 5.72. The van der Waals surface area contributed by atoms with Crippen LogP contribution in [0.4, 0.5) is 0 Å². The predicted octanol–water partition coefficient (Wildman–Crippen LogP) is 1.87. The lowest BCUT2D eigenvalue weighted by Gasteiger charge is -2.23. The van der Waals surface area contributed by atoms with Crippen molar-refractivity contribution in [1.29, 1.82) is 0 Å². The smallest absolute Gasteiger partial charge is 0.0141 e. The highest BCUT2D eigenvalue weighted by Gasteiger charge is 2.12. The molecule has 0 N–H and O–H groups in total. The van der Waals surface area contributed by atoms with E-state index in [1.165, 1.54) is 12.8 Å². The minimum absolute atomic E-state index is 0.894. The van der Waals surface area contributed by atoms with Crippen LogP contribution in [0.5, 0.6) is 0 Å². The van der Waals surface area contributed by atoms with Gasteiger partial charge in [-0.1, -0.05) is 6.92 Å². The van der Waals surface area contributed by atoms with Gasteiger partial charge in [-0.2, -0.15) is 0 Å². The third kappa shape index (κ3) is 1.64. The molecule has 0 aromatic rings. The second kappa shape index (κ2) is 2.70. The van der Waals surface area contributed by atoms with E-state index >= 15 is 0 Å². The minimum Gasteiger partial charge on any atom is -0.220 e. The van der Waals surface area contributed by atoms with Crippen molar-refractivity contribution in [1.82, 2.24) is 4.42 Å². The fraction of sp³-hybridized carbons (Fsp3) is 1.00. The van der Waals surface area contributed by atoms with E-state index in [9.17, 15) is 0 Å². The Hall–Kier alpha value is 0.250. The molecule has 1 heterocycles. The van der Waals surface area contributed by atoms with Crippen molar-refractivity contribution in [3.63, 3.8) is 0 Å². The van der Waals surface area contributed by atoms with Gasteiger partial charge < -0.3 is 0 Å². The number of hydrogen-bond acceptors (Lipinski definition) is 1. The van der Waals surface area contributed by atoms with Crippen LogP contribution in [0.25, 0.3) is 0 Å². The topological polar surface area (TPSA) is 3.24 Å². The largest absolute Gasteiger partial charge is 0.220 e. The van der Waals surface area contributed by atoms with Crippen molar-refractivity contribution in [3.05, 3.63) is 0 Å². The molecule has 0 aliphatic carbocycles. The molecule has 0 radical (unpaired) electrons. The van der Waals surface area contributed by atoms with Crippen LogP contribution < -0.4 is 0 Å². The number of nitrogens with zero attached hydrogens (tertiary/aromatic N) is 1. The Morgan fingerprint density at radius 3 is 2.25 bits per heavy atom. The first-order valence-corrected chi connectivity index (χ1v) is 3.53. The van der Waals surface area contributed by atoms with Gasteiger partial charge in [-0.15, -0.1) is 0 Å². The van der Waals surface area contributed by atoms with Gasteiger partial charge in [0.1, 0.15) is 0 Å². The first kappa shape index (κ1) is 6.37. The summed E-state index contributed by atoms with van der Waals surface area (Å²) in [6.45, 7) is 4.43. The van der Waals surface area contributed by atoms with Gasteiger partial charge in [-0.25, -0.2) is 4.42 Å². The molecule has 1 rings (SSSR count). The van der Waals surface area contributed by atoms with Gasteiger partial charge in [-0.3, -0.25) is 0 Å². The van der Waals surface area contributed by atoms with Gasteiger partial charge in [0.15, 0.2) is 0 Å². The van der Waals surface area contributed by atoms with E-state index in [4.69, 9.17) is 11.8 Å². The van der Waals surface area contributed by atoms with Gasteiger partial charge in [0.25, 0.3) is 0 Å². The van der Waals surface area contributed by atoms with E-state index in [1.54, 1.807) is 0 Å². The lowest BCUT2D eigenvalue weighted by Crippen LogP contribution is -2.24. The minimum atomic E-state index is 0.894. The Bertz CT molecular complexity index is 56.9. The summed E-state index contributed by atoms with van der Waals surface area (Å²) in [5.41, 5.74) is 0. The molecular weight excluding hydrogens is 122 g/mol. The Balaban J connectivity index is 2.19. The molecular formula is C6H12ClN. The van der Waals surface area contributed by atoms with Crippen LogP contribution in [-0.2, 0) is 0 Å². The zero-order valence-corrected chi connectivity index (χ0v) is 5.99. The van der Waals surface area contributed by atoms with Crippen LogP contribution in [0.2, 0.25) is 0 Å². The molecule has 1 nitrogen and oxygen atoms in total. The van der Waals surface area contributed by atoms with E-state index in [-0.39, 0.29) is 0 Å². The zero-order chi connectivity index (χ0) is 5.98. The second-order valence-corrected chi connectivity index (χ2v) is 3.07. The Morgan fingerprint density at radius 1 is 1.38 bits per heavy atom. The van der Waals surface area contributed by atoms with E-state index in [2.05, 4.69) is 6.92 Å². The lowest BCUT2D eigenvalue weighted by atomic mass is 10.0. The summed E-state index contributed by atoms with van der Waals surface area (Å²) in [5, 5.41) is 0. The normalized spacial score (nSPS) is 26.2. The van der Waals surface area contributed by atoms with Crippen molar-refractivity contribution in [2.24, 2.45) is 5.92 Å². The Labute approximate surface area is 55.7 Å². The fourth-order valence-electron chi connectivity index (χ4n) is 0.977. The van der Waals surface area contributed by atoms with Gasteiger partial charge in [-0.05, 0) is 30.5 Å². The van der Waals surface area contributed by atoms with Crippen molar-refractivity contribution < 1.29 is 0 Å². The molecule has 1 fully saturated rings. The maximum atomic E-state index is 5.72. The van der Waals surface area contributed by atoms with Crippen LogP contribution in [0.15, 0.2) is 0 Å². The summed E-state index contributed by atoms with van der Waals surface area (Å²) in [6.07, 6.45) is 2.53. The molecule has 0 unspecified atom stereocenters. The highest BCUT2D eigenvalue weighted by molar-refractivity contribution is 6.13. The molecule has 0 amide bonds. The molecule has 1 saturated heterocycles. The fourth-order valence-corrected chi connectivity index (χ4v) is 1.17. The summed E-state index contributed by atoms with van der Waals surface area (Å²) >= 11 is 5.72. The number of hydrogen-bond donors (Lipinski definition) is 0. The Kier molecular flexibility index (Phi) is 2.15. The van der Waals surface area contributed by atoms with Crippen molar-refractivity contribution in [2.75, 3.05) is 13.1 Å². The average molecular weight is 134 g/mol. The summed E-state index contributed by atoms with van der Waals surface area (Å²) < 4.78 is 1.88. The maximum Gasteiger partial charge on any atom is 0.0141 e. The average Bonchev–Trinajstić information content (AvgIpc) is 1.77. The molecule has 0 spiro atoms. The molecule has 0 aromatic carbocycles. The van der Waals surface area contributed by atoms with E-state index in [1.807, 2.05) is 4.42 Å². The first-order chi connectivity index (χ1) is 3.79. The van der Waals surface area contributed by atoms with Crippen LogP contribution in [-0.4, -0.2) is 17.5 Å². The molecule has 0 saturated carbocycles. The second-order valence-electron chi connectivity index (χ2n) is 2.59. The predicted molar refractivity (Wildman–Crippen MR) is 35.8 cm³/mol. The zero-order valence-electron chi connectivity index (χ0n) is 5.23. The van der Waals surface area contributed by atoms with Gasteiger partial charge in [0.05, 0.1) is 0 Å². The molecule has 1 aliphatic heterocycles. The van der Waals surface area contributed by atoms with Crippen LogP contribution in [0.1, 0.15) is 19.8 Å². The number of rotatable bonds is 0. The van der Waals surface area contributed by atoms with E-state index < -0.39 is 0 Å². The molecule has 1 aliphatic rings. The molecule has 8 heavy (non-hydrogen) atoms. The molecule has 0 atom stereocenters. The van der Waals surface area contributed by atoms with Crippen LogP contribution >= 0.6 is 11.8 Å². The number of halogens is 1. The first-order valence-electron chi connectivity index (χ1n) is 3.20. The molecule has 0 bridgehead atoms. The van der Waals surface area contributed by atoms with Gasteiger partial charge in [0.2, 0.25) is 0 Å². The lowest BCUT2D eigenvalue weighted by molar-refractivity contribution is 0.299. The third-order valence-corrected chi connectivity index (χ3v) is 2.07. The van der Waals surface area contributed by atoms with Crippen molar-refractivity contribution in [2.45, 2.75) is 19.8 Å². The van der Waals surface area contributed by atoms with Crippen molar-refractivity contribution in [3.8, 4) is 0 Å². The number of piperidine rings is 1. The molecule has 48 valence electrons. The van der Waals surface area contributed by atoms with E-state index in [0.29, 0.717) is 0 Å². The van der Waals surface area contributed by atoms with Crippen molar-refractivity contribution >= 4 is 11.8 Å². The summed E-state index contributed by atoms with van der Waals surface area (Å²) in [5.74, 6) is 0.894.